The normalized spacial score (nSPS) is 13.0. The highest BCUT2D eigenvalue weighted by Gasteiger charge is 2.28. The molecule has 0 saturated heterocycles. The van der Waals surface area contributed by atoms with Crippen molar-refractivity contribution in [2.75, 3.05) is 0 Å². The minimum Gasteiger partial charge on any atom is -0.458 e. The van der Waals surface area contributed by atoms with Gasteiger partial charge < -0.3 is 18.9 Å². The van der Waals surface area contributed by atoms with Crippen molar-refractivity contribution in [3.8, 4) is 0 Å². The van der Waals surface area contributed by atoms with Gasteiger partial charge in [-0.25, -0.2) is 14.4 Å². The molecular formula is C34H54O8. The van der Waals surface area contributed by atoms with E-state index < -0.39 is 42.2 Å². The largest absolute Gasteiger partial charge is 0.458 e. The average Bonchev–Trinajstić information content (AvgIpc) is 2.98. The van der Waals surface area contributed by atoms with Crippen molar-refractivity contribution in [2.45, 2.75) is 155 Å². The molecule has 0 radical (unpaired) electrons. The van der Waals surface area contributed by atoms with Gasteiger partial charge in [-0.3, -0.25) is 4.79 Å². The Morgan fingerprint density at radius 1 is 0.548 bits per heavy atom. The zero-order chi connectivity index (χ0) is 31.0. The quantitative estimate of drug-likeness (QED) is 0.0682. The van der Waals surface area contributed by atoms with Gasteiger partial charge in [0.05, 0.1) is 0 Å². The molecule has 1 aromatic carbocycles. The zero-order valence-corrected chi connectivity index (χ0v) is 26.4. The van der Waals surface area contributed by atoms with E-state index in [9.17, 15) is 19.2 Å². The van der Waals surface area contributed by atoms with Crippen LogP contribution in [0.3, 0.4) is 0 Å². The first-order valence-electron chi connectivity index (χ1n) is 16.1. The fourth-order valence-corrected chi connectivity index (χ4v) is 4.43. The van der Waals surface area contributed by atoms with Crippen molar-refractivity contribution >= 4 is 23.9 Å². The Kier molecular flexibility index (Phi) is 20.9. The predicted molar refractivity (Wildman–Crippen MR) is 162 cm³/mol. The predicted octanol–water partition coefficient (Wildman–Crippen LogP) is 7.79. The van der Waals surface area contributed by atoms with Crippen molar-refractivity contribution in [3.63, 3.8) is 0 Å². The number of carbonyl (C=O) groups is 4. The van der Waals surface area contributed by atoms with E-state index in [4.69, 9.17) is 18.9 Å². The Hall–Kier alpha value is -2.90. The highest BCUT2D eigenvalue weighted by molar-refractivity contribution is 5.84. The first-order valence-corrected chi connectivity index (χ1v) is 16.1. The Labute approximate surface area is 253 Å². The summed E-state index contributed by atoms with van der Waals surface area (Å²) in [7, 11) is 0. The first kappa shape index (κ1) is 37.1. The zero-order valence-electron chi connectivity index (χ0n) is 26.4. The van der Waals surface area contributed by atoms with Gasteiger partial charge in [0, 0.05) is 6.42 Å². The number of ether oxygens (including phenoxy) is 4. The van der Waals surface area contributed by atoms with Gasteiger partial charge in [0.1, 0.15) is 6.61 Å². The molecule has 1 aromatic rings. The summed E-state index contributed by atoms with van der Waals surface area (Å²) in [5, 5.41) is 0. The van der Waals surface area contributed by atoms with E-state index in [-0.39, 0.29) is 13.0 Å². The molecule has 0 unspecified atom stereocenters. The average molecular weight is 591 g/mol. The van der Waals surface area contributed by atoms with Crippen LogP contribution in [-0.2, 0) is 44.7 Å². The molecule has 8 heteroatoms. The van der Waals surface area contributed by atoms with Crippen LogP contribution in [0.2, 0.25) is 0 Å². The summed E-state index contributed by atoms with van der Waals surface area (Å²) in [6, 6.07) is 9.10. The molecule has 42 heavy (non-hydrogen) atoms. The van der Waals surface area contributed by atoms with Gasteiger partial charge in [0.2, 0.25) is 0 Å². The van der Waals surface area contributed by atoms with Crippen LogP contribution in [0.1, 0.15) is 136 Å². The molecule has 0 aliphatic carbocycles. The molecule has 0 spiro atoms. The standard InChI is InChI=1S/C34H54O8/c1-5-6-7-8-9-10-11-12-13-14-15-16-17-18-22-25-31(35)40-28(3)33(37)42-29(4)34(38)41-27(2)32(36)39-26-30-23-20-19-21-24-30/h19-21,23-24,27-29H,5-18,22,25-26H2,1-4H3/t27-,28-,29-/m0/s1. The van der Waals surface area contributed by atoms with Crippen LogP contribution in [0.15, 0.2) is 30.3 Å². The maximum absolute atomic E-state index is 12.3. The minimum atomic E-state index is -1.28. The van der Waals surface area contributed by atoms with Crippen molar-refractivity contribution in [3.05, 3.63) is 35.9 Å². The van der Waals surface area contributed by atoms with Gasteiger partial charge in [0.15, 0.2) is 18.3 Å². The molecule has 0 bridgehead atoms. The van der Waals surface area contributed by atoms with E-state index >= 15 is 0 Å². The molecule has 0 heterocycles. The fourth-order valence-electron chi connectivity index (χ4n) is 4.43. The molecule has 0 saturated carbocycles. The summed E-state index contributed by atoms with van der Waals surface area (Å²) in [6.45, 7) is 6.40. The second kappa shape index (κ2) is 23.6. The minimum absolute atomic E-state index is 0.0500. The summed E-state index contributed by atoms with van der Waals surface area (Å²) in [4.78, 5) is 48.8. The molecule has 0 aliphatic heterocycles. The van der Waals surface area contributed by atoms with Gasteiger partial charge in [-0.2, -0.15) is 0 Å². The van der Waals surface area contributed by atoms with E-state index in [0.29, 0.717) is 6.42 Å². The smallest absolute Gasteiger partial charge is 0.347 e. The molecule has 3 atom stereocenters. The summed E-state index contributed by atoms with van der Waals surface area (Å²) in [6.07, 6.45) is 15.2. The lowest BCUT2D eigenvalue weighted by Gasteiger charge is -2.18. The number of hydrogen-bond acceptors (Lipinski definition) is 8. The maximum atomic E-state index is 12.3. The lowest BCUT2D eigenvalue weighted by atomic mass is 10.0. The van der Waals surface area contributed by atoms with Gasteiger partial charge in [-0.1, -0.05) is 127 Å². The summed E-state index contributed by atoms with van der Waals surface area (Å²) in [5.41, 5.74) is 0.801. The molecule has 238 valence electrons. The number of carbonyl (C=O) groups excluding carboxylic acids is 4. The first-order chi connectivity index (χ1) is 20.2. The second-order valence-corrected chi connectivity index (χ2v) is 11.1. The van der Waals surface area contributed by atoms with E-state index in [0.717, 1.165) is 18.4 Å². The monoisotopic (exact) mass is 590 g/mol. The summed E-state index contributed by atoms with van der Waals surface area (Å²) >= 11 is 0. The number of benzene rings is 1. The van der Waals surface area contributed by atoms with Crippen molar-refractivity contribution in [2.24, 2.45) is 0 Å². The number of unbranched alkanes of at least 4 members (excludes halogenated alkanes) is 14. The Morgan fingerprint density at radius 3 is 1.43 bits per heavy atom. The molecule has 0 fully saturated rings. The van der Waals surface area contributed by atoms with Crippen LogP contribution in [0.25, 0.3) is 0 Å². The third-order valence-corrected chi connectivity index (χ3v) is 7.10. The van der Waals surface area contributed by atoms with E-state index in [1.165, 1.54) is 97.8 Å². The van der Waals surface area contributed by atoms with E-state index in [1.54, 1.807) is 12.1 Å². The second-order valence-electron chi connectivity index (χ2n) is 11.1. The molecule has 0 aliphatic rings. The van der Waals surface area contributed by atoms with Gasteiger partial charge in [-0.05, 0) is 32.8 Å². The lowest BCUT2D eigenvalue weighted by Crippen LogP contribution is -2.36. The van der Waals surface area contributed by atoms with Crippen molar-refractivity contribution < 1.29 is 38.1 Å². The third kappa shape index (κ3) is 18.5. The van der Waals surface area contributed by atoms with Gasteiger partial charge in [0.25, 0.3) is 0 Å². The Balaban J connectivity index is 2.08. The Bertz CT molecular complexity index is 885. The van der Waals surface area contributed by atoms with Crippen molar-refractivity contribution in [1.29, 1.82) is 0 Å². The van der Waals surface area contributed by atoms with Crippen LogP contribution in [-0.4, -0.2) is 42.2 Å². The lowest BCUT2D eigenvalue weighted by molar-refractivity contribution is -0.182. The van der Waals surface area contributed by atoms with Crippen LogP contribution in [0.5, 0.6) is 0 Å². The SMILES string of the molecule is CCCCCCCCCCCCCCCCCC(=O)O[C@@H](C)C(=O)O[C@@H](C)C(=O)O[C@@H](C)C(=O)OCc1ccccc1. The van der Waals surface area contributed by atoms with Crippen LogP contribution < -0.4 is 0 Å². The van der Waals surface area contributed by atoms with E-state index in [2.05, 4.69) is 6.92 Å². The number of hydrogen-bond donors (Lipinski definition) is 0. The van der Waals surface area contributed by atoms with Crippen molar-refractivity contribution in [1.82, 2.24) is 0 Å². The van der Waals surface area contributed by atoms with Gasteiger partial charge >= 0.3 is 23.9 Å². The van der Waals surface area contributed by atoms with E-state index in [1.807, 2.05) is 18.2 Å². The fraction of sp³-hybridized carbons (Fsp3) is 0.706. The molecule has 0 N–H and O–H groups in total. The topological polar surface area (TPSA) is 105 Å². The van der Waals surface area contributed by atoms with Gasteiger partial charge in [-0.15, -0.1) is 0 Å². The molecule has 1 rings (SSSR count). The number of esters is 4. The van der Waals surface area contributed by atoms with Crippen LogP contribution in [0, 0.1) is 0 Å². The highest BCUT2D eigenvalue weighted by Crippen LogP contribution is 2.14. The molecule has 0 aromatic heterocycles. The maximum Gasteiger partial charge on any atom is 0.347 e. The van der Waals surface area contributed by atoms with Crippen LogP contribution in [0.4, 0.5) is 0 Å². The molecular weight excluding hydrogens is 536 g/mol. The Morgan fingerprint density at radius 2 is 0.952 bits per heavy atom. The molecule has 0 amide bonds. The molecule has 8 nitrogen and oxygen atoms in total. The van der Waals surface area contributed by atoms with Crippen LogP contribution >= 0.6 is 0 Å². The summed E-state index contributed by atoms with van der Waals surface area (Å²) in [5.74, 6) is -2.95. The third-order valence-electron chi connectivity index (χ3n) is 7.10. The highest BCUT2D eigenvalue weighted by atomic mass is 16.6. The number of rotatable bonds is 24. The summed E-state index contributed by atoms with van der Waals surface area (Å²) < 4.78 is 20.4.